The Balaban J connectivity index is 0.00000176. The summed E-state index contributed by atoms with van der Waals surface area (Å²) >= 11 is 0. The van der Waals surface area contributed by atoms with Crippen LogP contribution in [0.4, 0.5) is 0 Å². The number of furan rings is 1. The fourth-order valence-corrected chi connectivity index (χ4v) is 2.34. The lowest BCUT2D eigenvalue weighted by Crippen LogP contribution is -3.00. The molecule has 3 aromatic rings. The van der Waals surface area contributed by atoms with E-state index in [1.54, 1.807) is 0 Å². The molecule has 1 N–H and O–H groups in total. The second kappa shape index (κ2) is 7.83. The summed E-state index contributed by atoms with van der Waals surface area (Å²) in [4.78, 5) is 0. The summed E-state index contributed by atoms with van der Waals surface area (Å²) in [6, 6.07) is 25.0. The molecular weight excluding hydrogens is 294 g/mol. The zero-order valence-corrected chi connectivity index (χ0v) is 13.3. The van der Waals surface area contributed by atoms with Crippen molar-refractivity contribution in [2.24, 2.45) is 0 Å². The number of halogens is 1. The molecule has 0 saturated carbocycles. The van der Waals surface area contributed by atoms with Crippen LogP contribution in [0.15, 0.2) is 77.2 Å². The molecule has 0 aliphatic carbocycles. The lowest BCUT2D eigenvalue weighted by Gasteiger charge is -2.12. The fraction of sp³-hybridized carbons (Fsp3) is 0.158. The van der Waals surface area contributed by atoms with Crippen LogP contribution in [0.5, 0.6) is 0 Å². The maximum Gasteiger partial charge on any atom is 0.134 e. The first-order chi connectivity index (χ1) is 10.3. The maximum absolute atomic E-state index is 5.89. The zero-order chi connectivity index (χ0) is 14.5. The molecule has 0 bridgehead atoms. The van der Waals surface area contributed by atoms with Crippen molar-refractivity contribution in [3.63, 3.8) is 0 Å². The minimum absolute atomic E-state index is 0. The van der Waals surface area contributed by atoms with Gasteiger partial charge >= 0.3 is 0 Å². The molecule has 22 heavy (non-hydrogen) atoms. The molecule has 0 aliphatic heterocycles. The molecule has 0 fully saturated rings. The molecule has 1 aromatic heterocycles. The average molecular weight is 313 g/mol. The van der Waals surface area contributed by atoms with Crippen molar-refractivity contribution >= 4 is 0 Å². The predicted molar refractivity (Wildman–Crippen MR) is 85.8 cm³/mol. The topological polar surface area (TPSA) is 25.2 Å². The van der Waals surface area contributed by atoms with Gasteiger partial charge in [0.05, 0.1) is 6.54 Å². The van der Waals surface area contributed by atoms with Gasteiger partial charge in [-0.1, -0.05) is 60.7 Å². The predicted octanol–water partition coefficient (Wildman–Crippen LogP) is 1.80. The normalized spacial score (nSPS) is 11.7. The molecule has 1 atom stereocenters. The van der Waals surface area contributed by atoms with E-state index in [1.807, 2.05) is 36.4 Å². The van der Waals surface area contributed by atoms with E-state index in [-0.39, 0.29) is 12.4 Å². The van der Waals surface area contributed by atoms with Crippen molar-refractivity contribution < 1.29 is 16.8 Å². The molecule has 0 spiro atoms. The van der Waals surface area contributed by atoms with Gasteiger partial charge in [0.15, 0.2) is 0 Å². The zero-order valence-electron chi connectivity index (χ0n) is 12.5. The Labute approximate surface area is 137 Å². The van der Waals surface area contributed by atoms with Gasteiger partial charge in [0.25, 0.3) is 0 Å². The van der Waals surface area contributed by atoms with Crippen LogP contribution in [-0.2, 0) is 6.54 Å². The van der Waals surface area contributed by atoms with Crippen molar-refractivity contribution in [3.8, 4) is 11.3 Å². The first kappa shape index (κ1) is 16.3. The van der Waals surface area contributed by atoms with E-state index in [0.29, 0.717) is 6.04 Å². The number of rotatable bonds is 5. The highest BCUT2D eigenvalue weighted by Crippen LogP contribution is 2.22. The minimum atomic E-state index is 0. The van der Waals surface area contributed by atoms with E-state index in [4.69, 9.17) is 4.42 Å². The Kier molecular flexibility index (Phi) is 5.82. The van der Waals surface area contributed by atoms with Gasteiger partial charge in [0.2, 0.25) is 0 Å². The van der Waals surface area contributed by atoms with E-state index >= 15 is 0 Å². The maximum atomic E-state index is 5.89. The molecular formula is C19H19ClNO-. The van der Waals surface area contributed by atoms with Gasteiger partial charge in [-0.2, -0.15) is 0 Å². The van der Waals surface area contributed by atoms with Crippen LogP contribution in [0.25, 0.3) is 11.3 Å². The van der Waals surface area contributed by atoms with E-state index in [2.05, 4.69) is 48.6 Å². The molecule has 3 rings (SSSR count). The third-order valence-corrected chi connectivity index (χ3v) is 3.60. The monoisotopic (exact) mass is 312 g/mol. The van der Waals surface area contributed by atoms with E-state index in [9.17, 15) is 0 Å². The Morgan fingerprint density at radius 1 is 0.864 bits per heavy atom. The first-order valence-electron chi connectivity index (χ1n) is 7.25. The highest BCUT2D eigenvalue weighted by atomic mass is 35.5. The van der Waals surface area contributed by atoms with Crippen molar-refractivity contribution in [2.75, 3.05) is 0 Å². The van der Waals surface area contributed by atoms with Gasteiger partial charge in [0.1, 0.15) is 11.5 Å². The van der Waals surface area contributed by atoms with Gasteiger partial charge < -0.3 is 22.1 Å². The molecule has 1 unspecified atom stereocenters. The van der Waals surface area contributed by atoms with Crippen LogP contribution in [-0.4, -0.2) is 0 Å². The Morgan fingerprint density at radius 2 is 1.50 bits per heavy atom. The van der Waals surface area contributed by atoms with Gasteiger partial charge in [-0.3, -0.25) is 0 Å². The van der Waals surface area contributed by atoms with Gasteiger partial charge in [-0.05, 0) is 24.6 Å². The smallest absolute Gasteiger partial charge is 0.134 e. The Hall–Kier alpha value is -2.03. The van der Waals surface area contributed by atoms with Gasteiger partial charge in [-0.25, -0.2) is 0 Å². The quantitative estimate of drug-likeness (QED) is 0.777. The molecule has 114 valence electrons. The average Bonchev–Trinajstić information content (AvgIpc) is 3.03. The standard InChI is InChI=1S/C19H19NO.ClH/c1-15(16-8-4-2-5-9-16)20-14-18-12-13-19(21-18)17-10-6-3-7-11-17;/h2-13,15,20H,14H2,1H3;1H/p-1. The van der Waals surface area contributed by atoms with Crippen LogP contribution in [0.1, 0.15) is 24.3 Å². The van der Waals surface area contributed by atoms with Crippen molar-refractivity contribution in [2.45, 2.75) is 19.5 Å². The highest BCUT2D eigenvalue weighted by Gasteiger charge is 2.07. The number of nitrogens with one attached hydrogen (secondary N) is 1. The Morgan fingerprint density at radius 3 is 2.18 bits per heavy atom. The SMILES string of the molecule is CC(NCc1ccc(-c2ccccc2)o1)c1ccccc1.[Cl-]. The second-order valence-electron chi connectivity index (χ2n) is 5.15. The Bertz CT molecular complexity index is 679. The summed E-state index contributed by atoms with van der Waals surface area (Å²) in [5.74, 6) is 1.87. The van der Waals surface area contributed by atoms with Crippen LogP contribution >= 0.6 is 0 Å². The summed E-state index contributed by atoms with van der Waals surface area (Å²) in [5.41, 5.74) is 2.40. The van der Waals surface area contributed by atoms with Crippen molar-refractivity contribution in [1.82, 2.24) is 5.32 Å². The van der Waals surface area contributed by atoms with Crippen LogP contribution in [0.3, 0.4) is 0 Å². The molecule has 2 nitrogen and oxygen atoms in total. The minimum Gasteiger partial charge on any atom is -1.00 e. The summed E-state index contributed by atoms with van der Waals surface area (Å²) in [6.45, 7) is 2.89. The van der Waals surface area contributed by atoms with Gasteiger partial charge in [-0.15, -0.1) is 0 Å². The van der Waals surface area contributed by atoms with Crippen molar-refractivity contribution in [1.29, 1.82) is 0 Å². The molecule has 0 saturated heterocycles. The van der Waals surface area contributed by atoms with E-state index in [0.717, 1.165) is 23.6 Å². The van der Waals surface area contributed by atoms with Crippen LogP contribution < -0.4 is 17.7 Å². The first-order valence-corrected chi connectivity index (χ1v) is 7.25. The molecule has 0 radical (unpaired) electrons. The molecule has 3 heteroatoms. The molecule has 0 aliphatic rings. The summed E-state index contributed by atoms with van der Waals surface area (Å²) in [7, 11) is 0. The molecule has 1 heterocycles. The third-order valence-electron chi connectivity index (χ3n) is 3.60. The summed E-state index contributed by atoms with van der Waals surface area (Å²) < 4.78 is 5.89. The van der Waals surface area contributed by atoms with Gasteiger partial charge in [0, 0.05) is 11.6 Å². The molecule has 0 amide bonds. The molecule has 2 aromatic carbocycles. The van der Waals surface area contributed by atoms with E-state index in [1.165, 1.54) is 5.56 Å². The number of benzene rings is 2. The largest absolute Gasteiger partial charge is 1.00 e. The van der Waals surface area contributed by atoms with Crippen LogP contribution in [0, 0.1) is 0 Å². The fourth-order valence-electron chi connectivity index (χ4n) is 2.34. The number of hydrogen-bond donors (Lipinski definition) is 1. The van der Waals surface area contributed by atoms with Crippen molar-refractivity contribution in [3.05, 3.63) is 84.1 Å². The number of hydrogen-bond acceptors (Lipinski definition) is 2. The lowest BCUT2D eigenvalue weighted by molar-refractivity contribution is -0.00000481. The lowest BCUT2D eigenvalue weighted by atomic mass is 10.1. The van der Waals surface area contributed by atoms with E-state index < -0.39 is 0 Å². The second-order valence-corrected chi connectivity index (χ2v) is 5.15. The summed E-state index contributed by atoms with van der Waals surface area (Å²) in [6.07, 6.45) is 0. The summed E-state index contributed by atoms with van der Waals surface area (Å²) in [5, 5.41) is 3.49. The highest BCUT2D eigenvalue weighted by molar-refractivity contribution is 5.57. The van der Waals surface area contributed by atoms with Crippen LogP contribution in [0.2, 0.25) is 0 Å². The third kappa shape index (κ3) is 4.00.